The fourth-order valence-corrected chi connectivity index (χ4v) is 2.79. The van der Waals surface area contributed by atoms with Crippen LogP contribution in [0.1, 0.15) is 26.3 Å². The fraction of sp³-hybridized carbons (Fsp3) is 0.174. The van der Waals surface area contributed by atoms with Gasteiger partial charge in [-0.2, -0.15) is 0 Å². The molecule has 0 aliphatic carbocycles. The molecule has 0 saturated carbocycles. The van der Waals surface area contributed by atoms with Crippen LogP contribution in [0.4, 0.5) is 15.9 Å². The molecule has 0 bridgehead atoms. The maximum absolute atomic E-state index is 13.6. The van der Waals surface area contributed by atoms with E-state index in [4.69, 9.17) is 0 Å². The van der Waals surface area contributed by atoms with Crippen LogP contribution in [0.2, 0.25) is 0 Å². The van der Waals surface area contributed by atoms with Gasteiger partial charge in [0.1, 0.15) is 11.6 Å². The van der Waals surface area contributed by atoms with Crippen molar-refractivity contribution in [2.24, 2.45) is 0 Å². The number of benzene rings is 2. The van der Waals surface area contributed by atoms with E-state index in [0.29, 0.717) is 11.1 Å². The summed E-state index contributed by atoms with van der Waals surface area (Å²) in [5.41, 5.74) is 2.14. The van der Waals surface area contributed by atoms with Gasteiger partial charge < -0.3 is 15.5 Å². The first-order valence-electron chi connectivity index (χ1n) is 9.53. The highest BCUT2D eigenvalue weighted by Gasteiger charge is 2.10. The lowest BCUT2D eigenvalue weighted by Crippen LogP contribution is -2.34. The third-order valence-corrected chi connectivity index (χ3v) is 4.63. The molecule has 2 amide bonds. The second kappa shape index (κ2) is 9.65. The SMILES string of the molecule is Cc1ccc(C(=O)NCCNC(=O)c2ccc(N(C)c3ccccc3)nc2)cc1F. The normalized spacial score (nSPS) is 10.4. The highest BCUT2D eigenvalue weighted by Crippen LogP contribution is 2.20. The molecule has 2 aromatic carbocycles. The molecule has 1 aromatic heterocycles. The van der Waals surface area contributed by atoms with Crippen molar-refractivity contribution >= 4 is 23.3 Å². The van der Waals surface area contributed by atoms with Gasteiger partial charge in [-0.25, -0.2) is 9.37 Å². The zero-order valence-electron chi connectivity index (χ0n) is 16.9. The van der Waals surface area contributed by atoms with Crippen LogP contribution in [0.5, 0.6) is 0 Å². The quantitative estimate of drug-likeness (QED) is 0.590. The van der Waals surface area contributed by atoms with Gasteiger partial charge >= 0.3 is 0 Å². The number of carbonyl (C=O) groups excluding carboxylic acids is 2. The van der Waals surface area contributed by atoms with Crippen molar-refractivity contribution in [3.05, 3.63) is 89.4 Å². The molecule has 3 aromatic rings. The zero-order chi connectivity index (χ0) is 21.5. The summed E-state index contributed by atoms with van der Waals surface area (Å²) in [4.78, 5) is 30.6. The smallest absolute Gasteiger partial charge is 0.252 e. The molecule has 0 aliphatic rings. The van der Waals surface area contributed by atoms with Crippen LogP contribution in [0.3, 0.4) is 0 Å². The molecular formula is C23H23FN4O2. The molecule has 3 rings (SSSR count). The molecule has 30 heavy (non-hydrogen) atoms. The highest BCUT2D eigenvalue weighted by molar-refractivity contribution is 5.95. The molecule has 0 spiro atoms. The topological polar surface area (TPSA) is 74.3 Å². The molecule has 0 unspecified atom stereocenters. The van der Waals surface area contributed by atoms with Crippen molar-refractivity contribution in [1.82, 2.24) is 15.6 Å². The largest absolute Gasteiger partial charge is 0.350 e. The monoisotopic (exact) mass is 406 g/mol. The van der Waals surface area contributed by atoms with E-state index in [1.54, 1.807) is 31.2 Å². The van der Waals surface area contributed by atoms with E-state index in [-0.39, 0.29) is 24.6 Å². The van der Waals surface area contributed by atoms with Crippen LogP contribution < -0.4 is 15.5 Å². The molecule has 2 N–H and O–H groups in total. The number of halogens is 1. The number of hydrogen-bond acceptors (Lipinski definition) is 4. The van der Waals surface area contributed by atoms with E-state index in [1.807, 2.05) is 42.3 Å². The van der Waals surface area contributed by atoms with E-state index >= 15 is 0 Å². The number of hydrogen-bond donors (Lipinski definition) is 2. The average Bonchev–Trinajstić information content (AvgIpc) is 2.78. The summed E-state index contributed by atoms with van der Waals surface area (Å²) in [6, 6.07) is 17.6. The Morgan fingerprint density at radius 2 is 1.57 bits per heavy atom. The van der Waals surface area contributed by atoms with Crippen molar-refractivity contribution in [3.8, 4) is 0 Å². The van der Waals surface area contributed by atoms with Gasteiger partial charge in [-0.1, -0.05) is 24.3 Å². The molecule has 6 nitrogen and oxygen atoms in total. The van der Waals surface area contributed by atoms with Crippen LogP contribution in [-0.2, 0) is 0 Å². The number of nitrogens with one attached hydrogen (secondary N) is 2. The third-order valence-electron chi connectivity index (χ3n) is 4.63. The molecule has 154 valence electrons. The van der Waals surface area contributed by atoms with Gasteiger partial charge in [-0.15, -0.1) is 0 Å². The molecule has 0 fully saturated rings. The standard InChI is InChI=1S/C23H23FN4O2/c1-16-8-9-17(14-20(16)24)22(29)25-12-13-26-23(30)18-10-11-21(27-15-18)28(2)19-6-4-3-5-7-19/h3-11,14-15H,12-13H2,1-2H3,(H,25,29)(H,26,30). The first kappa shape index (κ1) is 21.0. The van der Waals surface area contributed by atoms with E-state index in [1.165, 1.54) is 12.3 Å². The van der Waals surface area contributed by atoms with Gasteiger partial charge in [0.2, 0.25) is 0 Å². The Morgan fingerprint density at radius 3 is 2.17 bits per heavy atom. The first-order valence-corrected chi connectivity index (χ1v) is 9.53. The van der Waals surface area contributed by atoms with Gasteiger partial charge in [0.25, 0.3) is 11.8 Å². The van der Waals surface area contributed by atoms with E-state index in [9.17, 15) is 14.0 Å². The second-order valence-corrected chi connectivity index (χ2v) is 6.78. The minimum absolute atomic E-state index is 0.225. The van der Waals surface area contributed by atoms with Crippen LogP contribution in [0.15, 0.2) is 66.9 Å². The van der Waals surface area contributed by atoms with Gasteiger partial charge in [0.15, 0.2) is 0 Å². The Kier molecular flexibility index (Phi) is 6.75. The van der Waals surface area contributed by atoms with Crippen LogP contribution >= 0.6 is 0 Å². The van der Waals surface area contributed by atoms with Crippen LogP contribution in [-0.4, -0.2) is 36.9 Å². The number of aryl methyl sites for hydroxylation is 1. The maximum Gasteiger partial charge on any atom is 0.252 e. The summed E-state index contributed by atoms with van der Waals surface area (Å²) < 4.78 is 13.6. The average molecular weight is 406 g/mol. The van der Waals surface area contributed by atoms with Crippen LogP contribution in [0.25, 0.3) is 0 Å². The Bertz CT molecular complexity index is 1020. The Labute approximate surface area is 174 Å². The number of carbonyl (C=O) groups is 2. The second-order valence-electron chi connectivity index (χ2n) is 6.78. The highest BCUT2D eigenvalue weighted by atomic mass is 19.1. The minimum Gasteiger partial charge on any atom is -0.350 e. The number of rotatable bonds is 7. The Balaban J connectivity index is 1.48. The summed E-state index contributed by atoms with van der Waals surface area (Å²) in [5, 5.41) is 5.38. The van der Waals surface area contributed by atoms with Crippen molar-refractivity contribution in [2.45, 2.75) is 6.92 Å². The molecule has 0 saturated heterocycles. The lowest BCUT2D eigenvalue weighted by molar-refractivity contribution is 0.0927. The van der Waals surface area contributed by atoms with Crippen molar-refractivity contribution in [2.75, 3.05) is 25.0 Å². The minimum atomic E-state index is -0.426. The maximum atomic E-state index is 13.6. The Morgan fingerprint density at radius 1 is 0.933 bits per heavy atom. The summed E-state index contributed by atoms with van der Waals surface area (Å²) >= 11 is 0. The number of anilines is 2. The number of pyridine rings is 1. The first-order chi connectivity index (χ1) is 14.5. The summed E-state index contributed by atoms with van der Waals surface area (Å²) in [5.74, 6) is -0.384. The van der Waals surface area contributed by atoms with Gasteiger partial charge in [0.05, 0.1) is 5.56 Å². The van der Waals surface area contributed by atoms with Crippen LogP contribution in [0, 0.1) is 12.7 Å². The molecule has 7 heteroatoms. The Hall–Kier alpha value is -3.74. The number of para-hydroxylation sites is 1. The van der Waals surface area contributed by atoms with Gasteiger partial charge in [-0.3, -0.25) is 9.59 Å². The number of aromatic nitrogens is 1. The summed E-state index contributed by atoms with van der Waals surface area (Å²) in [7, 11) is 1.90. The molecule has 0 radical (unpaired) electrons. The number of nitrogens with zero attached hydrogens (tertiary/aromatic N) is 2. The third kappa shape index (κ3) is 5.20. The van der Waals surface area contributed by atoms with E-state index < -0.39 is 11.7 Å². The van der Waals surface area contributed by atoms with E-state index in [0.717, 1.165) is 11.5 Å². The van der Waals surface area contributed by atoms with E-state index in [2.05, 4.69) is 15.6 Å². The number of amides is 2. The lowest BCUT2D eigenvalue weighted by Gasteiger charge is -2.18. The molecule has 1 heterocycles. The summed E-state index contributed by atoms with van der Waals surface area (Å²) in [6.45, 7) is 2.10. The van der Waals surface area contributed by atoms with Gasteiger partial charge in [0, 0.05) is 37.6 Å². The predicted molar refractivity (Wildman–Crippen MR) is 115 cm³/mol. The molecule has 0 aliphatic heterocycles. The summed E-state index contributed by atoms with van der Waals surface area (Å²) in [6.07, 6.45) is 1.51. The molecular weight excluding hydrogens is 383 g/mol. The van der Waals surface area contributed by atoms with Crippen molar-refractivity contribution in [1.29, 1.82) is 0 Å². The van der Waals surface area contributed by atoms with Crippen molar-refractivity contribution < 1.29 is 14.0 Å². The van der Waals surface area contributed by atoms with Gasteiger partial charge in [-0.05, 0) is 48.9 Å². The van der Waals surface area contributed by atoms with Crippen molar-refractivity contribution in [3.63, 3.8) is 0 Å². The predicted octanol–water partition coefficient (Wildman–Crippen LogP) is 3.46. The molecule has 0 atom stereocenters. The zero-order valence-corrected chi connectivity index (χ0v) is 16.9. The fourth-order valence-electron chi connectivity index (χ4n) is 2.79. The lowest BCUT2D eigenvalue weighted by atomic mass is 10.1.